The molecule has 4 heteroatoms. The van der Waals surface area contributed by atoms with Crippen molar-refractivity contribution in [1.82, 2.24) is 10.3 Å². The molecular formula is C30H40N2O2. The van der Waals surface area contributed by atoms with Crippen LogP contribution < -0.4 is 10.1 Å². The Morgan fingerprint density at radius 3 is 2.15 bits per heavy atom. The van der Waals surface area contributed by atoms with Crippen LogP contribution in [0.1, 0.15) is 88.4 Å². The highest BCUT2D eigenvalue weighted by molar-refractivity contribution is 6.07. The molecule has 0 atom stereocenters. The molecule has 0 aliphatic rings. The molecule has 0 bridgehead atoms. The zero-order valence-corrected chi connectivity index (χ0v) is 20.9. The Balaban J connectivity index is 1.54. The van der Waals surface area contributed by atoms with E-state index in [1.807, 2.05) is 61.5 Å². The normalized spacial score (nSPS) is 11.0. The van der Waals surface area contributed by atoms with Crippen LogP contribution in [-0.4, -0.2) is 24.0 Å². The standard InChI is InChI=1S/C30H40N2O2/c1-3-5-6-7-8-9-10-11-12-15-22-31-30(33)27-23-29(32-28-17-14-13-16-26(27)28)24-18-20-25(21-19-24)34-4-2/h13-14,16-21,23H,3-12,15,22H2,1-2H3,(H,31,33). The van der Waals surface area contributed by atoms with Crippen molar-refractivity contribution < 1.29 is 9.53 Å². The molecule has 1 amide bonds. The van der Waals surface area contributed by atoms with E-state index >= 15 is 0 Å². The van der Waals surface area contributed by atoms with Gasteiger partial charge in [-0.1, -0.05) is 82.9 Å². The van der Waals surface area contributed by atoms with Crippen LogP contribution in [0, 0.1) is 0 Å². The first-order valence-corrected chi connectivity index (χ1v) is 13.1. The molecule has 2 aromatic carbocycles. The number of nitrogens with one attached hydrogen (secondary N) is 1. The van der Waals surface area contributed by atoms with Crippen LogP contribution in [0.25, 0.3) is 22.2 Å². The van der Waals surface area contributed by atoms with Gasteiger partial charge in [-0.2, -0.15) is 0 Å². The van der Waals surface area contributed by atoms with Gasteiger partial charge in [-0.3, -0.25) is 4.79 Å². The Kier molecular flexibility index (Phi) is 10.9. The van der Waals surface area contributed by atoms with E-state index in [2.05, 4.69) is 12.2 Å². The van der Waals surface area contributed by atoms with Gasteiger partial charge in [-0.05, 0) is 49.7 Å². The van der Waals surface area contributed by atoms with E-state index in [0.717, 1.165) is 34.3 Å². The second kappa shape index (κ2) is 14.4. The van der Waals surface area contributed by atoms with E-state index in [0.29, 0.717) is 18.7 Å². The number of para-hydroxylation sites is 1. The highest BCUT2D eigenvalue weighted by atomic mass is 16.5. The van der Waals surface area contributed by atoms with Crippen molar-refractivity contribution in [3.05, 3.63) is 60.2 Å². The fourth-order valence-electron chi connectivity index (χ4n) is 4.31. The molecule has 182 valence electrons. The molecule has 4 nitrogen and oxygen atoms in total. The fourth-order valence-corrected chi connectivity index (χ4v) is 4.31. The number of benzene rings is 2. The van der Waals surface area contributed by atoms with Crippen LogP contribution in [0.15, 0.2) is 54.6 Å². The molecule has 3 rings (SSSR count). The van der Waals surface area contributed by atoms with Crippen molar-refractivity contribution >= 4 is 16.8 Å². The van der Waals surface area contributed by atoms with Gasteiger partial charge in [0.05, 0.1) is 23.4 Å². The number of carbonyl (C=O) groups excluding carboxylic acids is 1. The van der Waals surface area contributed by atoms with E-state index in [9.17, 15) is 4.79 Å². The van der Waals surface area contributed by atoms with Crippen molar-refractivity contribution in [1.29, 1.82) is 0 Å². The SMILES string of the molecule is CCCCCCCCCCCCNC(=O)c1cc(-c2ccc(OCC)cc2)nc2ccccc12. The number of ether oxygens (including phenoxy) is 1. The third-order valence-corrected chi connectivity index (χ3v) is 6.24. The average molecular weight is 461 g/mol. The Bertz CT molecular complexity index is 1010. The predicted octanol–water partition coefficient (Wildman–Crippen LogP) is 7.95. The van der Waals surface area contributed by atoms with Gasteiger partial charge in [0, 0.05) is 17.5 Å². The first-order valence-electron chi connectivity index (χ1n) is 13.1. The minimum atomic E-state index is -0.0262. The molecule has 1 heterocycles. The summed E-state index contributed by atoms with van der Waals surface area (Å²) < 4.78 is 5.55. The molecule has 0 aliphatic carbocycles. The molecule has 1 N–H and O–H groups in total. The maximum atomic E-state index is 13.1. The first kappa shape index (κ1) is 25.7. The summed E-state index contributed by atoms with van der Waals surface area (Å²) in [5.74, 6) is 0.809. The number of rotatable bonds is 15. The summed E-state index contributed by atoms with van der Waals surface area (Å²) >= 11 is 0. The summed E-state index contributed by atoms with van der Waals surface area (Å²) in [4.78, 5) is 17.9. The lowest BCUT2D eigenvalue weighted by Gasteiger charge is -2.11. The maximum absolute atomic E-state index is 13.1. The second-order valence-electron chi connectivity index (χ2n) is 8.97. The van der Waals surface area contributed by atoms with Crippen LogP contribution in [-0.2, 0) is 0 Å². The van der Waals surface area contributed by atoms with Crippen molar-refractivity contribution in [3.63, 3.8) is 0 Å². The van der Waals surface area contributed by atoms with Gasteiger partial charge in [-0.15, -0.1) is 0 Å². The number of carbonyl (C=O) groups is 1. The number of amides is 1. The summed E-state index contributed by atoms with van der Waals surface area (Å²) in [5.41, 5.74) is 3.28. The molecule has 0 saturated carbocycles. The largest absolute Gasteiger partial charge is 0.494 e. The van der Waals surface area contributed by atoms with Crippen LogP contribution in [0.4, 0.5) is 0 Å². The van der Waals surface area contributed by atoms with Crippen LogP contribution in [0.5, 0.6) is 5.75 Å². The lowest BCUT2D eigenvalue weighted by molar-refractivity contribution is 0.0954. The van der Waals surface area contributed by atoms with Crippen LogP contribution >= 0.6 is 0 Å². The average Bonchev–Trinajstić information content (AvgIpc) is 2.87. The Morgan fingerprint density at radius 2 is 1.47 bits per heavy atom. The van der Waals surface area contributed by atoms with Crippen LogP contribution in [0.2, 0.25) is 0 Å². The Hall–Kier alpha value is -2.88. The van der Waals surface area contributed by atoms with E-state index in [1.54, 1.807) is 0 Å². The quantitative estimate of drug-likeness (QED) is 0.234. The minimum Gasteiger partial charge on any atom is -0.494 e. The Labute approximate surface area is 205 Å². The zero-order valence-electron chi connectivity index (χ0n) is 20.9. The number of hydrogen-bond donors (Lipinski definition) is 1. The third kappa shape index (κ3) is 7.86. The zero-order chi connectivity index (χ0) is 24.0. The number of unbranched alkanes of at least 4 members (excludes halogenated alkanes) is 9. The second-order valence-corrected chi connectivity index (χ2v) is 8.97. The van der Waals surface area contributed by atoms with Gasteiger partial charge in [0.2, 0.25) is 0 Å². The van der Waals surface area contributed by atoms with Crippen molar-refractivity contribution in [2.75, 3.05) is 13.2 Å². The summed E-state index contributed by atoms with van der Waals surface area (Å²) in [7, 11) is 0. The molecular weight excluding hydrogens is 420 g/mol. The number of aromatic nitrogens is 1. The Morgan fingerprint density at radius 1 is 0.824 bits per heavy atom. The topological polar surface area (TPSA) is 51.2 Å². The third-order valence-electron chi connectivity index (χ3n) is 6.24. The summed E-state index contributed by atoms with van der Waals surface area (Å²) in [6.07, 6.45) is 12.9. The molecule has 1 aromatic heterocycles. The van der Waals surface area contributed by atoms with Crippen LogP contribution in [0.3, 0.4) is 0 Å². The molecule has 0 spiro atoms. The molecule has 0 radical (unpaired) electrons. The molecule has 3 aromatic rings. The number of fused-ring (bicyclic) bond motifs is 1. The first-order chi connectivity index (χ1) is 16.7. The van der Waals surface area contributed by atoms with Gasteiger partial charge in [0.15, 0.2) is 0 Å². The van der Waals surface area contributed by atoms with E-state index in [4.69, 9.17) is 9.72 Å². The minimum absolute atomic E-state index is 0.0262. The summed E-state index contributed by atoms with van der Waals surface area (Å²) in [6, 6.07) is 17.6. The van der Waals surface area contributed by atoms with Gasteiger partial charge in [0.1, 0.15) is 5.75 Å². The number of nitrogens with zero attached hydrogens (tertiary/aromatic N) is 1. The molecule has 34 heavy (non-hydrogen) atoms. The smallest absolute Gasteiger partial charge is 0.252 e. The summed E-state index contributed by atoms with van der Waals surface area (Å²) in [5, 5.41) is 4.02. The highest BCUT2D eigenvalue weighted by Crippen LogP contribution is 2.26. The van der Waals surface area contributed by atoms with Gasteiger partial charge < -0.3 is 10.1 Å². The van der Waals surface area contributed by atoms with Gasteiger partial charge >= 0.3 is 0 Å². The molecule has 0 aliphatic heterocycles. The van der Waals surface area contributed by atoms with E-state index in [-0.39, 0.29) is 5.91 Å². The van der Waals surface area contributed by atoms with Crippen molar-refractivity contribution in [3.8, 4) is 17.0 Å². The van der Waals surface area contributed by atoms with E-state index < -0.39 is 0 Å². The maximum Gasteiger partial charge on any atom is 0.252 e. The van der Waals surface area contributed by atoms with Gasteiger partial charge in [0.25, 0.3) is 5.91 Å². The van der Waals surface area contributed by atoms with Crippen molar-refractivity contribution in [2.45, 2.75) is 78.1 Å². The van der Waals surface area contributed by atoms with Gasteiger partial charge in [-0.25, -0.2) is 4.98 Å². The molecule has 0 saturated heterocycles. The summed E-state index contributed by atoms with van der Waals surface area (Å²) in [6.45, 7) is 5.58. The fraction of sp³-hybridized carbons (Fsp3) is 0.467. The highest BCUT2D eigenvalue weighted by Gasteiger charge is 2.13. The monoisotopic (exact) mass is 460 g/mol. The molecule has 0 fully saturated rings. The number of hydrogen-bond acceptors (Lipinski definition) is 3. The predicted molar refractivity (Wildman–Crippen MR) is 143 cm³/mol. The lowest BCUT2D eigenvalue weighted by Crippen LogP contribution is -2.24. The number of pyridine rings is 1. The lowest BCUT2D eigenvalue weighted by atomic mass is 10.0. The van der Waals surface area contributed by atoms with Crippen molar-refractivity contribution in [2.24, 2.45) is 0 Å². The van der Waals surface area contributed by atoms with E-state index in [1.165, 1.54) is 57.8 Å². The molecule has 0 unspecified atom stereocenters.